The van der Waals surface area contributed by atoms with Crippen LogP contribution in [0.15, 0.2) is 54.4 Å². The van der Waals surface area contributed by atoms with E-state index in [0.717, 1.165) is 0 Å². The molecule has 27 heavy (non-hydrogen) atoms. The van der Waals surface area contributed by atoms with Gasteiger partial charge in [0.15, 0.2) is 0 Å². The van der Waals surface area contributed by atoms with Gasteiger partial charge in [0.05, 0.1) is 4.88 Å². The molecule has 2 rings (SSSR count). The number of thiophene rings is 1. The third kappa shape index (κ3) is 7.33. The fraction of sp³-hybridized carbons (Fsp3) is 0.211. The topological polar surface area (TPSA) is 99.3 Å². The zero-order valence-corrected chi connectivity index (χ0v) is 15.6. The van der Waals surface area contributed by atoms with Gasteiger partial charge in [-0.2, -0.15) is 0 Å². The van der Waals surface area contributed by atoms with Crippen molar-refractivity contribution in [2.24, 2.45) is 0 Å². The molecule has 0 saturated carbocycles. The smallest absolute Gasteiger partial charge is 0.319 e. The molecular formula is C19H22N4O3S. The summed E-state index contributed by atoms with van der Waals surface area (Å²) < 4.78 is 0. The number of rotatable bonds is 9. The average Bonchev–Trinajstić information content (AvgIpc) is 3.20. The van der Waals surface area contributed by atoms with Crippen LogP contribution in [0.3, 0.4) is 0 Å². The van der Waals surface area contributed by atoms with Gasteiger partial charge in [-0.15, -0.1) is 17.9 Å². The molecule has 1 heterocycles. The van der Waals surface area contributed by atoms with Crippen LogP contribution in [0.25, 0.3) is 0 Å². The number of urea groups is 1. The number of benzene rings is 1. The fourth-order valence-corrected chi connectivity index (χ4v) is 2.79. The third-order valence-corrected chi connectivity index (χ3v) is 4.31. The number of nitrogens with one attached hydrogen (secondary N) is 4. The Balaban J connectivity index is 1.67. The summed E-state index contributed by atoms with van der Waals surface area (Å²) in [6.07, 6.45) is 2.44. The van der Waals surface area contributed by atoms with Gasteiger partial charge in [0.25, 0.3) is 5.91 Å². The van der Waals surface area contributed by atoms with Crippen molar-refractivity contribution in [1.29, 1.82) is 0 Å². The maximum Gasteiger partial charge on any atom is 0.319 e. The van der Waals surface area contributed by atoms with Crippen LogP contribution in [0.5, 0.6) is 0 Å². The Bertz CT molecular complexity index is 773. The van der Waals surface area contributed by atoms with Crippen molar-refractivity contribution >= 4 is 40.6 Å². The number of carbonyl (C=O) groups excluding carboxylic acids is 3. The monoisotopic (exact) mass is 386 g/mol. The normalized spacial score (nSPS) is 9.93. The molecule has 7 nitrogen and oxygen atoms in total. The van der Waals surface area contributed by atoms with Crippen LogP contribution in [0.2, 0.25) is 0 Å². The first-order valence-electron chi connectivity index (χ1n) is 8.46. The highest BCUT2D eigenvalue weighted by atomic mass is 32.1. The van der Waals surface area contributed by atoms with E-state index in [1.807, 2.05) is 11.4 Å². The quantitative estimate of drug-likeness (QED) is 0.393. The molecule has 0 aliphatic rings. The van der Waals surface area contributed by atoms with Crippen LogP contribution in [0.4, 0.5) is 16.2 Å². The van der Waals surface area contributed by atoms with E-state index in [1.165, 1.54) is 11.3 Å². The van der Waals surface area contributed by atoms with Gasteiger partial charge < -0.3 is 21.3 Å². The molecule has 0 aliphatic carbocycles. The predicted octanol–water partition coefficient (Wildman–Crippen LogP) is 3.20. The summed E-state index contributed by atoms with van der Waals surface area (Å²) in [5.41, 5.74) is 1.26. The van der Waals surface area contributed by atoms with E-state index in [4.69, 9.17) is 0 Å². The van der Waals surface area contributed by atoms with Crippen LogP contribution >= 0.6 is 11.3 Å². The van der Waals surface area contributed by atoms with Crippen molar-refractivity contribution in [2.75, 3.05) is 23.7 Å². The lowest BCUT2D eigenvalue weighted by Gasteiger charge is -2.08. The average molecular weight is 386 g/mol. The molecule has 2 aromatic rings. The Morgan fingerprint density at radius 1 is 1.00 bits per heavy atom. The van der Waals surface area contributed by atoms with Gasteiger partial charge in [0, 0.05) is 30.9 Å². The Labute approximate surface area is 161 Å². The van der Waals surface area contributed by atoms with Crippen molar-refractivity contribution in [1.82, 2.24) is 10.6 Å². The number of hydrogen-bond donors (Lipinski definition) is 4. The number of anilines is 2. The molecule has 4 amide bonds. The Kier molecular flexibility index (Phi) is 8.05. The van der Waals surface area contributed by atoms with Gasteiger partial charge in [-0.3, -0.25) is 9.59 Å². The van der Waals surface area contributed by atoms with E-state index in [1.54, 1.807) is 36.4 Å². The summed E-state index contributed by atoms with van der Waals surface area (Å²) in [5.74, 6) is -0.254. The molecule has 1 aromatic carbocycles. The molecule has 0 saturated heterocycles. The lowest BCUT2D eigenvalue weighted by Crippen LogP contribution is -2.28. The summed E-state index contributed by atoms with van der Waals surface area (Å²) in [4.78, 5) is 35.9. The first-order valence-corrected chi connectivity index (χ1v) is 9.34. The highest BCUT2D eigenvalue weighted by Gasteiger charge is 2.07. The minimum absolute atomic E-state index is 0.120. The van der Waals surface area contributed by atoms with E-state index in [0.29, 0.717) is 42.2 Å². The summed E-state index contributed by atoms with van der Waals surface area (Å²) >= 11 is 1.38. The number of amides is 4. The van der Waals surface area contributed by atoms with Crippen LogP contribution in [0.1, 0.15) is 22.5 Å². The van der Waals surface area contributed by atoms with E-state index in [2.05, 4.69) is 27.8 Å². The molecule has 0 bridgehead atoms. The molecule has 0 aliphatic heterocycles. The van der Waals surface area contributed by atoms with Crippen molar-refractivity contribution in [3.63, 3.8) is 0 Å². The summed E-state index contributed by atoms with van der Waals surface area (Å²) in [5, 5.41) is 12.7. The summed E-state index contributed by atoms with van der Waals surface area (Å²) in [6.45, 7) is 4.34. The molecule has 0 unspecified atom stereocenters. The van der Waals surface area contributed by atoms with Gasteiger partial charge in [-0.05, 0) is 42.1 Å². The van der Waals surface area contributed by atoms with E-state index >= 15 is 0 Å². The first kappa shape index (κ1) is 20.2. The number of carbonyl (C=O) groups is 3. The lowest BCUT2D eigenvalue weighted by molar-refractivity contribution is -0.116. The Hall–Kier alpha value is -3.13. The van der Waals surface area contributed by atoms with Crippen LogP contribution in [-0.2, 0) is 4.79 Å². The molecule has 142 valence electrons. The molecule has 0 radical (unpaired) electrons. The zero-order chi connectivity index (χ0) is 19.5. The van der Waals surface area contributed by atoms with Gasteiger partial charge in [0.2, 0.25) is 5.91 Å². The molecule has 0 atom stereocenters. The van der Waals surface area contributed by atoms with Gasteiger partial charge in [-0.1, -0.05) is 12.1 Å². The van der Waals surface area contributed by atoms with E-state index in [9.17, 15) is 14.4 Å². The highest BCUT2D eigenvalue weighted by Crippen LogP contribution is 2.14. The minimum Gasteiger partial charge on any atom is -0.351 e. The molecule has 1 aromatic heterocycles. The molecule has 4 N–H and O–H groups in total. The van der Waals surface area contributed by atoms with E-state index < -0.39 is 0 Å². The molecule has 8 heteroatoms. The van der Waals surface area contributed by atoms with Crippen LogP contribution in [-0.4, -0.2) is 30.9 Å². The SMILES string of the molecule is C=CCNC(=O)Nc1ccc(NC(=O)CCCNC(=O)c2cccs2)cc1. The Morgan fingerprint density at radius 2 is 1.70 bits per heavy atom. The van der Waals surface area contributed by atoms with Crippen molar-refractivity contribution in [2.45, 2.75) is 12.8 Å². The molecule has 0 spiro atoms. The summed E-state index contributed by atoms with van der Waals surface area (Å²) in [6, 6.07) is 10.1. The second-order valence-corrected chi connectivity index (χ2v) is 6.53. The first-order chi connectivity index (χ1) is 13.1. The maximum absolute atomic E-state index is 12.0. The number of hydrogen-bond acceptors (Lipinski definition) is 4. The minimum atomic E-state index is -0.323. The van der Waals surface area contributed by atoms with Gasteiger partial charge in [-0.25, -0.2) is 4.79 Å². The van der Waals surface area contributed by atoms with Crippen molar-refractivity contribution in [3.05, 3.63) is 59.3 Å². The van der Waals surface area contributed by atoms with Crippen molar-refractivity contribution in [3.8, 4) is 0 Å². The lowest BCUT2D eigenvalue weighted by atomic mass is 10.2. The van der Waals surface area contributed by atoms with Crippen LogP contribution in [0, 0.1) is 0 Å². The largest absolute Gasteiger partial charge is 0.351 e. The standard InChI is InChI=1S/C19H22N4O3S/c1-2-11-21-19(26)23-15-9-7-14(8-10-15)22-17(24)6-3-12-20-18(25)16-5-4-13-27-16/h2,4-5,7-10,13H,1,3,6,11-12H2,(H,20,25)(H,22,24)(H2,21,23,26). The van der Waals surface area contributed by atoms with Gasteiger partial charge >= 0.3 is 6.03 Å². The highest BCUT2D eigenvalue weighted by molar-refractivity contribution is 7.12. The fourth-order valence-electron chi connectivity index (χ4n) is 2.15. The van der Waals surface area contributed by atoms with E-state index in [-0.39, 0.29) is 17.8 Å². The summed E-state index contributed by atoms with van der Waals surface area (Å²) in [7, 11) is 0. The van der Waals surface area contributed by atoms with Gasteiger partial charge in [0.1, 0.15) is 0 Å². The molecular weight excluding hydrogens is 364 g/mol. The predicted molar refractivity (Wildman–Crippen MR) is 108 cm³/mol. The maximum atomic E-state index is 12.0. The Morgan fingerprint density at radius 3 is 2.33 bits per heavy atom. The molecule has 0 fully saturated rings. The zero-order valence-electron chi connectivity index (χ0n) is 14.8. The van der Waals surface area contributed by atoms with Crippen LogP contribution < -0.4 is 21.3 Å². The second kappa shape index (κ2) is 10.8. The second-order valence-electron chi connectivity index (χ2n) is 5.59. The third-order valence-electron chi connectivity index (χ3n) is 3.44. The van der Waals surface area contributed by atoms with Crippen molar-refractivity contribution < 1.29 is 14.4 Å².